The molecule has 0 radical (unpaired) electrons. The molecule has 1 amide bonds. The third-order valence-electron chi connectivity index (χ3n) is 5.10. The van der Waals surface area contributed by atoms with Gasteiger partial charge < -0.3 is 19.5 Å². The average Bonchev–Trinajstić information content (AvgIpc) is 3.24. The van der Waals surface area contributed by atoms with E-state index < -0.39 is 6.61 Å². The lowest BCUT2D eigenvalue weighted by Crippen LogP contribution is -3.11. The van der Waals surface area contributed by atoms with Crippen LogP contribution in [0.15, 0.2) is 42.6 Å². The number of aryl methyl sites for hydroxylation is 1. The molecule has 1 saturated heterocycles. The highest BCUT2D eigenvalue weighted by Crippen LogP contribution is 2.19. The number of hydrogen-bond donors (Lipinski definition) is 2. The molecule has 1 unspecified atom stereocenters. The van der Waals surface area contributed by atoms with Gasteiger partial charge >= 0.3 is 6.61 Å². The fourth-order valence-corrected chi connectivity index (χ4v) is 3.77. The van der Waals surface area contributed by atoms with Crippen molar-refractivity contribution in [3.8, 4) is 5.75 Å². The van der Waals surface area contributed by atoms with Crippen molar-refractivity contribution in [3.05, 3.63) is 53.9 Å². The third-order valence-corrected chi connectivity index (χ3v) is 5.10. The minimum atomic E-state index is -2.82. The summed E-state index contributed by atoms with van der Waals surface area (Å²) in [5, 5.41) is 2.97. The highest BCUT2D eigenvalue weighted by atomic mass is 19.3. The lowest BCUT2D eigenvalue weighted by Gasteiger charge is -2.21. The quantitative estimate of drug-likeness (QED) is 0.735. The van der Waals surface area contributed by atoms with Gasteiger partial charge in [0, 0.05) is 32.6 Å². The number of carbonyl (C=O) groups is 1. The molecule has 1 aromatic carbocycles. The minimum absolute atomic E-state index is 0.0452. The second-order valence-electron chi connectivity index (χ2n) is 6.95. The van der Waals surface area contributed by atoms with Crippen LogP contribution in [0, 0.1) is 0 Å². The smallest absolute Gasteiger partial charge is 0.387 e. The topological polar surface area (TPSA) is 47.7 Å². The maximum atomic E-state index is 12.3. The SMILES string of the molecule is Cn1cccc1[C@@H]1CCC[NH+]1CC(=O)NCCc1ccc(OC(F)F)cc1. The van der Waals surface area contributed by atoms with Crippen molar-refractivity contribution < 1.29 is 23.2 Å². The summed E-state index contributed by atoms with van der Waals surface area (Å²) in [6.45, 7) is -0.815. The summed E-state index contributed by atoms with van der Waals surface area (Å²) in [6, 6.07) is 11.1. The summed E-state index contributed by atoms with van der Waals surface area (Å²) in [4.78, 5) is 13.6. The van der Waals surface area contributed by atoms with Gasteiger partial charge in [-0.2, -0.15) is 8.78 Å². The Labute approximate surface area is 157 Å². The van der Waals surface area contributed by atoms with Gasteiger partial charge in [-0.25, -0.2) is 0 Å². The van der Waals surface area contributed by atoms with Crippen molar-refractivity contribution in [2.24, 2.45) is 7.05 Å². The molecule has 2 aromatic rings. The van der Waals surface area contributed by atoms with Crippen molar-refractivity contribution in [1.29, 1.82) is 0 Å². The Morgan fingerprint density at radius 2 is 2.11 bits per heavy atom. The van der Waals surface area contributed by atoms with Gasteiger partial charge in [-0.15, -0.1) is 0 Å². The predicted octanol–water partition coefficient (Wildman–Crippen LogP) is 1.71. The number of likely N-dealkylation sites (tertiary alicyclic amines) is 1. The summed E-state index contributed by atoms with van der Waals surface area (Å²) in [6.07, 6.45) is 4.93. The van der Waals surface area contributed by atoms with Crippen molar-refractivity contribution in [3.63, 3.8) is 0 Å². The number of aromatic nitrogens is 1. The summed E-state index contributed by atoms with van der Waals surface area (Å²) >= 11 is 0. The fourth-order valence-electron chi connectivity index (χ4n) is 3.77. The largest absolute Gasteiger partial charge is 0.435 e. The number of quaternary nitrogens is 1. The van der Waals surface area contributed by atoms with Crippen LogP contribution in [0.3, 0.4) is 0 Å². The van der Waals surface area contributed by atoms with Crippen LogP contribution in [0.1, 0.15) is 30.1 Å². The fraction of sp³-hybridized carbons (Fsp3) is 0.450. The summed E-state index contributed by atoms with van der Waals surface area (Å²) < 4.78 is 30.8. The molecule has 2 N–H and O–H groups in total. The second kappa shape index (κ2) is 8.99. The molecule has 1 aliphatic rings. The van der Waals surface area contributed by atoms with Crippen LogP contribution in [-0.4, -0.2) is 36.7 Å². The highest BCUT2D eigenvalue weighted by Gasteiger charge is 2.32. The van der Waals surface area contributed by atoms with Gasteiger partial charge in [0.25, 0.3) is 5.91 Å². The predicted molar refractivity (Wildman–Crippen MR) is 97.9 cm³/mol. The molecule has 2 atom stereocenters. The van der Waals surface area contributed by atoms with Gasteiger partial charge in [0.05, 0.1) is 12.2 Å². The first kappa shape index (κ1) is 19.4. The molecular weight excluding hydrogens is 352 g/mol. The zero-order valence-electron chi connectivity index (χ0n) is 15.5. The Morgan fingerprint density at radius 3 is 2.78 bits per heavy atom. The van der Waals surface area contributed by atoms with Crippen LogP contribution in [0.5, 0.6) is 5.75 Å². The highest BCUT2D eigenvalue weighted by molar-refractivity contribution is 5.76. The van der Waals surface area contributed by atoms with Crippen LogP contribution in [0.25, 0.3) is 0 Å². The molecule has 0 aliphatic carbocycles. The van der Waals surface area contributed by atoms with Gasteiger partial charge in [-0.3, -0.25) is 4.79 Å². The van der Waals surface area contributed by atoms with E-state index in [4.69, 9.17) is 0 Å². The van der Waals surface area contributed by atoms with E-state index in [1.807, 2.05) is 19.3 Å². The van der Waals surface area contributed by atoms with E-state index in [0.29, 0.717) is 25.6 Å². The standard InChI is InChI=1S/C20H25F2N3O2/c1-24-12-2-4-17(24)18-5-3-13-25(18)14-19(26)23-11-10-15-6-8-16(9-7-15)27-20(21)22/h2,4,6-9,12,18,20H,3,5,10-11,13-14H2,1H3,(H,23,26)/p+1/t18-/m0/s1. The van der Waals surface area contributed by atoms with Crippen molar-refractivity contribution >= 4 is 5.91 Å². The van der Waals surface area contributed by atoms with Crippen molar-refractivity contribution in [2.45, 2.75) is 31.9 Å². The Bertz CT molecular complexity index is 746. The zero-order chi connectivity index (χ0) is 19.2. The molecule has 0 saturated carbocycles. The minimum Gasteiger partial charge on any atom is -0.435 e. The van der Waals surface area contributed by atoms with Gasteiger partial charge in [0.2, 0.25) is 0 Å². The molecule has 0 bridgehead atoms. The molecule has 146 valence electrons. The molecule has 1 fully saturated rings. The van der Waals surface area contributed by atoms with Gasteiger partial charge in [0.1, 0.15) is 11.8 Å². The first-order chi connectivity index (χ1) is 13.0. The number of nitrogens with one attached hydrogen (secondary N) is 2. The Balaban J connectivity index is 1.44. The van der Waals surface area contributed by atoms with Crippen molar-refractivity contribution in [1.82, 2.24) is 9.88 Å². The number of carbonyl (C=O) groups excluding carboxylic acids is 1. The summed E-state index contributed by atoms with van der Waals surface area (Å²) in [5.74, 6) is 0.186. The van der Waals surface area contributed by atoms with E-state index in [9.17, 15) is 13.6 Å². The molecule has 1 aliphatic heterocycles. The molecule has 5 nitrogen and oxygen atoms in total. The van der Waals surface area contributed by atoms with Gasteiger partial charge in [-0.1, -0.05) is 12.1 Å². The number of benzene rings is 1. The number of alkyl halides is 2. The number of ether oxygens (including phenoxy) is 1. The Kier molecular flexibility index (Phi) is 6.45. The molecule has 27 heavy (non-hydrogen) atoms. The number of rotatable bonds is 8. The van der Waals surface area contributed by atoms with E-state index >= 15 is 0 Å². The van der Waals surface area contributed by atoms with E-state index in [-0.39, 0.29) is 11.7 Å². The van der Waals surface area contributed by atoms with Crippen LogP contribution in [0.4, 0.5) is 8.78 Å². The lowest BCUT2D eigenvalue weighted by molar-refractivity contribution is -0.911. The molecule has 7 heteroatoms. The van der Waals surface area contributed by atoms with Crippen LogP contribution >= 0.6 is 0 Å². The number of hydrogen-bond acceptors (Lipinski definition) is 2. The first-order valence-electron chi connectivity index (χ1n) is 9.29. The molecule has 1 aromatic heterocycles. The van der Waals surface area contributed by atoms with E-state index in [1.165, 1.54) is 22.7 Å². The number of nitrogens with zero attached hydrogens (tertiary/aromatic N) is 1. The maximum absolute atomic E-state index is 12.3. The molecule has 0 spiro atoms. The third kappa shape index (κ3) is 5.29. The van der Waals surface area contributed by atoms with Gasteiger partial charge in [-0.05, 0) is 36.2 Å². The van der Waals surface area contributed by atoms with Crippen LogP contribution in [-0.2, 0) is 18.3 Å². The van der Waals surface area contributed by atoms with Crippen LogP contribution < -0.4 is 15.0 Å². The summed E-state index contributed by atoms with van der Waals surface area (Å²) in [7, 11) is 2.04. The number of halogens is 2. The monoisotopic (exact) mass is 378 g/mol. The lowest BCUT2D eigenvalue weighted by atomic mass is 10.1. The van der Waals surface area contributed by atoms with E-state index in [0.717, 1.165) is 24.9 Å². The molecule has 3 rings (SSSR count). The van der Waals surface area contributed by atoms with Gasteiger partial charge in [0.15, 0.2) is 6.54 Å². The molecular formula is C20H26F2N3O2+. The Hall–Kier alpha value is -2.41. The number of amides is 1. The maximum Gasteiger partial charge on any atom is 0.387 e. The van der Waals surface area contributed by atoms with Crippen LogP contribution in [0.2, 0.25) is 0 Å². The zero-order valence-corrected chi connectivity index (χ0v) is 15.5. The van der Waals surface area contributed by atoms with E-state index in [1.54, 1.807) is 12.1 Å². The van der Waals surface area contributed by atoms with Crippen molar-refractivity contribution in [2.75, 3.05) is 19.6 Å². The average molecular weight is 378 g/mol. The first-order valence-corrected chi connectivity index (χ1v) is 9.29. The molecule has 2 heterocycles. The normalized spacial score (nSPS) is 19.4. The van der Waals surface area contributed by atoms with E-state index in [2.05, 4.69) is 20.7 Å². The Morgan fingerprint density at radius 1 is 1.33 bits per heavy atom. The second-order valence-corrected chi connectivity index (χ2v) is 6.95. The summed E-state index contributed by atoms with van der Waals surface area (Å²) in [5.41, 5.74) is 2.24.